The van der Waals surface area contributed by atoms with Gasteiger partial charge in [0.15, 0.2) is 0 Å². The number of rotatable bonds is 1. The second-order valence-corrected chi connectivity index (χ2v) is 5.15. The number of nitrogens with one attached hydrogen (secondary N) is 1. The number of aromatic nitrogens is 2. The predicted octanol–water partition coefficient (Wildman–Crippen LogP) is 1.54. The summed E-state index contributed by atoms with van der Waals surface area (Å²) in [6.07, 6.45) is 0.617. The van der Waals surface area contributed by atoms with E-state index in [0.717, 1.165) is 5.56 Å². The Morgan fingerprint density at radius 3 is 2.85 bits per heavy atom. The predicted molar refractivity (Wildman–Crippen MR) is 70.5 cm³/mol. The summed E-state index contributed by atoms with van der Waals surface area (Å²) in [7, 11) is 1.72. The number of aryl methyl sites for hydroxylation is 2. The van der Waals surface area contributed by atoms with Crippen molar-refractivity contribution in [1.82, 2.24) is 15.1 Å². The van der Waals surface area contributed by atoms with Gasteiger partial charge in [0.2, 0.25) is 11.8 Å². The number of piperidine rings is 1. The monoisotopic (exact) mass is 275 g/mol. The van der Waals surface area contributed by atoms with E-state index in [4.69, 9.17) is 0 Å². The Hall–Kier alpha value is -2.24. The van der Waals surface area contributed by atoms with E-state index in [1.807, 2.05) is 6.07 Å². The van der Waals surface area contributed by atoms with Gasteiger partial charge in [-0.1, -0.05) is 0 Å². The van der Waals surface area contributed by atoms with Gasteiger partial charge < -0.3 is 0 Å². The first-order valence-corrected chi connectivity index (χ1v) is 6.44. The third kappa shape index (κ3) is 1.88. The van der Waals surface area contributed by atoms with E-state index in [1.54, 1.807) is 18.7 Å². The van der Waals surface area contributed by atoms with E-state index in [-0.39, 0.29) is 18.1 Å². The van der Waals surface area contributed by atoms with Gasteiger partial charge in [-0.2, -0.15) is 5.10 Å². The number of hydrogen-bond acceptors (Lipinski definition) is 3. The van der Waals surface area contributed by atoms with Gasteiger partial charge in [-0.05, 0) is 31.0 Å². The number of amides is 2. The molecule has 5 nitrogen and oxygen atoms in total. The molecule has 2 heterocycles. The van der Waals surface area contributed by atoms with Gasteiger partial charge in [0.25, 0.3) is 0 Å². The zero-order valence-corrected chi connectivity index (χ0v) is 11.2. The summed E-state index contributed by atoms with van der Waals surface area (Å²) in [6.45, 7) is 1.81. The average molecular weight is 275 g/mol. The van der Waals surface area contributed by atoms with Crippen LogP contribution in [0.4, 0.5) is 4.39 Å². The van der Waals surface area contributed by atoms with Crippen molar-refractivity contribution in [2.45, 2.75) is 25.7 Å². The highest BCUT2D eigenvalue weighted by molar-refractivity contribution is 6.02. The van der Waals surface area contributed by atoms with Gasteiger partial charge in [-0.25, -0.2) is 4.39 Å². The van der Waals surface area contributed by atoms with E-state index in [9.17, 15) is 14.0 Å². The molecule has 2 amide bonds. The number of hydrogen-bond donors (Lipinski definition) is 1. The van der Waals surface area contributed by atoms with Crippen LogP contribution in [-0.2, 0) is 16.6 Å². The fourth-order valence-electron chi connectivity index (χ4n) is 2.70. The molecule has 1 saturated heterocycles. The minimum Gasteiger partial charge on any atom is -0.296 e. The number of carbonyl (C=O) groups excluding carboxylic acids is 2. The summed E-state index contributed by atoms with van der Waals surface area (Å²) >= 11 is 0. The van der Waals surface area contributed by atoms with E-state index >= 15 is 0 Å². The maximum Gasteiger partial charge on any atom is 0.235 e. The molecule has 1 N–H and O–H groups in total. The Morgan fingerprint density at radius 1 is 1.40 bits per heavy atom. The number of fused-ring (bicyclic) bond motifs is 1. The molecule has 20 heavy (non-hydrogen) atoms. The van der Waals surface area contributed by atoms with Gasteiger partial charge in [-0.15, -0.1) is 0 Å². The third-order valence-corrected chi connectivity index (χ3v) is 3.65. The number of imide groups is 1. The standard InChI is InChI=1S/C14H14FN3O2/c1-7-5-9(15)12-10(6-7)18(2)17-13(12)8-3-4-11(19)16-14(8)20/h5-6,8H,3-4H2,1-2H3,(H,16,19,20). The fraction of sp³-hybridized carbons (Fsp3) is 0.357. The molecule has 1 aromatic carbocycles. The van der Waals surface area contributed by atoms with Crippen molar-refractivity contribution in [2.75, 3.05) is 0 Å². The van der Waals surface area contributed by atoms with Crippen molar-refractivity contribution in [3.8, 4) is 0 Å². The molecule has 0 bridgehead atoms. The van der Waals surface area contributed by atoms with Crippen LogP contribution in [0.15, 0.2) is 12.1 Å². The Morgan fingerprint density at radius 2 is 2.15 bits per heavy atom. The second-order valence-electron chi connectivity index (χ2n) is 5.15. The van der Waals surface area contributed by atoms with E-state index in [0.29, 0.717) is 23.0 Å². The Bertz CT molecular complexity index is 736. The quantitative estimate of drug-likeness (QED) is 0.803. The molecule has 1 fully saturated rings. The highest BCUT2D eigenvalue weighted by Crippen LogP contribution is 2.32. The minimum atomic E-state index is -0.575. The van der Waals surface area contributed by atoms with Crippen molar-refractivity contribution >= 4 is 22.7 Å². The normalized spacial score (nSPS) is 19.4. The molecule has 1 aliphatic heterocycles. The van der Waals surface area contributed by atoms with Gasteiger partial charge in [-0.3, -0.25) is 19.6 Å². The zero-order chi connectivity index (χ0) is 14.4. The number of nitrogens with zero attached hydrogens (tertiary/aromatic N) is 2. The first kappa shape index (κ1) is 12.8. The second kappa shape index (κ2) is 4.40. The van der Waals surface area contributed by atoms with Gasteiger partial charge in [0.1, 0.15) is 5.82 Å². The summed E-state index contributed by atoms with van der Waals surface area (Å²) in [5.41, 5.74) is 1.86. The number of benzene rings is 1. The Kier molecular flexibility index (Phi) is 2.81. The summed E-state index contributed by atoms with van der Waals surface area (Å²) in [5.74, 6) is -1.65. The summed E-state index contributed by atoms with van der Waals surface area (Å²) < 4.78 is 15.8. The first-order chi connectivity index (χ1) is 9.47. The van der Waals surface area contributed by atoms with Crippen molar-refractivity contribution in [3.63, 3.8) is 0 Å². The average Bonchev–Trinajstić information content (AvgIpc) is 2.67. The lowest BCUT2D eigenvalue weighted by Gasteiger charge is -2.19. The zero-order valence-electron chi connectivity index (χ0n) is 11.2. The number of carbonyl (C=O) groups is 2. The lowest BCUT2D eigenvalue weighted by molar-refractivity contribution is -0.134. The van der Waals surface area contributed by atoms with Gasteiger partial charge in [0.05, 0.1) is 22.5 Å². The third-order valence-electron chi connectivity index (χ3n) is 3.65. The molecule has 0 spiro atoms. The SMILES string of the molecule is Cc1cc(F)c2c(C3CCC(=O)NC3=O)nn(C)c2c1. The van der Waals surface area contributed by atoms with E-state index in [2.05, 4.69) is 10.4 Å². The van der Waals surface area contributed by atoms with Gasteiger partial charge in [0, 0.05) is 13.5 Å². The smallest absolute Gasteiger partial charge is 0.235 e. The van der Waals surface area contributed by atoms with Crippen LogP contribution in [-0.4, -0.2) is 21.6 Å². The Labute approximate surface area is 114 Å². The van der Waals surface area contributed by atoms with E-state index < -0.39 is 11.8 Å². The molecule has 1 aliphatic rings. The molecule has 1 atom stereocenters. The molecular formula is C14H14FN3O2. The fourth-order valence-corrected chi connectivity index (χ4v) is 2.70. The van der Waals surface area contributed by atoms with Crippen LogP contribution in [0.2, 0.25) is 0 Å². The van der Waals surface area contributed by atoms with Crippen LogP contribution in [0.3, 0.4) is 0 Å². The molecular weight excluding hydrogens is 261 g/mol. The van der Waals surface area contributed by atoms with Crippen LogP contribution in [0.25, 0.3) is 10.9 Å². The Balaban J connectivity index is 2.17. The van der Waals surface area contributed by atoms with Crippen molar-refractivity contribution < 1.29 is 14.0 Å². The van der Waals surface area contributed by atoms with Crippen molar-refractivity contribution in [1.29, 1.82) is 0 Å². The maximum atomic E-state index is 14.2. The summed E-state index contributed by atoms with van der Waals surface area (Å²) in [4.78, 5) is 23.1. The van der Waals surface area contributed by atoms with E-state index in [1.165, 1.54) is 6.07 Å². The van der Waals surface area contributed by atoms with Crippen LogP contribution >= 0.6 is 0 Å². The van der Waals surface area contributed by atoms with Gasteiger partial charge >= 0.3 is 0 Å². The van der Waals surface area contributed by atoms with Crippen molar-refractivity contribution in [2.24, 2.45) is 7.05 Å². The molecule has 0 radical (unpaired) electrons. The van der Waals surface area contributed by atoms with Crippen LogP contribution in [0.5, 0.6) is 0 Å². The molecule has 6 heteroatoms. The molecule has 0 aliphatic carbocycles. The largest absolute Gasteiger partial charge is 0.296 e. The minimum absolute atomic E-state index is 0.252. The number of halogens is 1. The highest BCUT2D eigenvalue weighted by atomic mass is 19.1. The molecule has 2 aromatic rings. The summed E-state index contributed by atoms with van der Waals surface area (Å²) in [5, 5.41) is 6.95. The topological polar surface area (TPSA) is 64.0 Å². The molecule has 0 saturated carbocycles. The molecule has 104 valence electrons. The molecule has 3 rings (SSSR count). The lowest BCUT2D eigenvalue weighted by atomic mass is 9.92. The molecule has 1 unspecified atom stereocenters. The van der Waals surface area contributed by atoms with Crippen LogP contribution in [0.1, 0.15) is 30.0 Å². The first-order valence-electron chi connectivity index (χ1n) is 6.44. The van der Waals surface area contributed by atoms with Crippen molar-refractivity contribution in [3.05, 3.63) is 29.2 Å². The van der Waals surface area contributed by atoms with Crippen LogP contribution < -0.4 is 5.32 Å². The van der Waals surface area contributed by atoms with Crippen LogP contribution in [0, 0.1) is 12.7 Å². The maximum absolute atomic E-state index is 14.2. The summed E-state index contributed by atoms with van der Waals surface area (Å²) in [6, 6.07) is 3.26. The highest BCUT2D eigenvalue weighted by Gasteiger charge is 2.32. The molecule has 1 aromatic heterocycles. The lowest BCUT2D eigenvalue weighted by Crippen LogP contribution is -2.39.